The zero-order chi connectivity index (χ0) is 14.0. The number of aryl methyl sites for hydroxylation is 2. The van der Waals surface area contributed by atoms with Gasteiger partial charge in [-0.1, -0.05) is 6.92 Å². The van der Waals surface area contributed by atoms with E-state index in [9.17, 15) is 8.78 Å². The van der Waals surface area contributed by atoms with Crippen molar-refractivity contribution in [3.63, 3.8) is 0 Å². The first kappa shape index (κ1) is 13.7. The van der Waals surface area contributed by atoms with Gasteiger partial charge in [-0.3, -0.25) is 4.68 Å². The molecule has 0 saturated heterocycles. The molecular weight excluding hydrogens is 248 g/mol. The topological polar surface area (TPSA) is 43.8 Å². The molecule has 0 aliphatic rings. The minimum Gasteiger partial charge on any atom is -0.319 e. The molecule has 1 atom stereocenters. The second-order valence-corrected chi connectivity index (χ2v) is 4.41. The van der Waals surface area contributed by atoms with Gasteiger partial charge in [-0.05, 0) is 37.1 Å². The molecule has 0 fully saturated rings. The predicted octanol–water partition coefficient (Wildman–Crippen LogP) is 2.79. The first-order valence-corrected chi connectivity index (χ1v) is 6.33. The number of hydrogen-bond donors (Lipinski definition) is 1. The lowest BCUT2D eigenvalue weighted by molar-refractivity contribution is 0.568. The molecule has 1 aromatic carbocycles. The van der Waals surface area contributed by atoms with Crippen LogP contribution >= 0.6 is 0 Å². The SMILES string of the molecule is CCc1cc(C(N)c2cc(F)cc(F)c2)n(CC)n1. The summed E-state index contributed by atoms with van der Waals surface area (Å²) in [5.74, 6) is -1.24. The normalized spacial score (nSPS) is 12.7. The molecule has 2 aromatic rings. The van der Waals surface area contributed by atoms with E-state index in [0.717, 1.165) is 23.9 Å². The average molecular weight is 265 g/mol. The molecule has 0 radical (unpaired) electrons. The maximum absolute atomic E-state index is 13.2. The monoisotopic (exact) mass is 265 g/mol. The van der Waals surface area contributed by atoms with Crippen molar-refractivity contribution in [3.05, 3.63) is 52.9 Å². The van der Waals surface area contributed by atoms with E-state index in [1.807, 2.05) is 19.9 Å². The second kappa shape index (κ2) is 5.48. The van der Waals surface area contributed by atoms with Crippen LogP contribution in [0.4, 0.5) is 8.78 Å². The van der Waals surface area contributed by atoms with Crippen LogP contribution in [0.5, 0.6) is 0 Å². The third-order valence-electron chi connectivity index (χ3n) is 3.09. The van der Waals surface area contributed by atoms with Gasteiger partial charge in [0.15, 0.2) is 0 Å². The highest BCUT2D eigenvalue weighted by molar-refractivity contribution is 5.29. The van der Waals surface area contributed by atoms with Gasteiger partial charge in [-0.2, -0.15) is 5.10 Å². The van der Waals surface area contributed by atoms with Crippen molar-refractivity contribution in [1.82, 2.24) is 9.78 Å². The van der Waals surface area contributed by atoms with Crippen LogP contribution in [0.2, 0.25) is 0 Å². The Morgan fingerprint density at radius 2 is 1.79 bits per heavy atom. The van der Waals surface area contributed by atoms with Crippen molar-refractivity contribution in [3.8, 4) is 0 Å². The maximum Gasteiger partial charge on any atom is 0.126 e. The fraction of sp³-hybridized carbons (Fsp3) is 0.357. The smallest absolute Gasteiger partial charge is 0.126 e. The largest absolute Gasteiger partial charge is 0.319 e. The van der Waals surface area contributed by atoms with Gasteiger partial charge in [0, 0.05) is 12.6 Å². The zero-order valence-corrected chi connectivity index (χ0v) is 11.0. The molecule has 0 aliphatic carbocycles. The van der Waals surface area contributed by atoms with Gasteiger partial charge in [0.25, 0.3) is 0 Å². The zero-order valence-electron chi connectivity index (χ0n) is 11.0. The number of rotatable bonds is 4. The van der Waals surface area contributed by atoms with Crippen LogP contribution in [-0.2, 0) is 13.0 Å². The van der Waals surface area contributed by atoms with E-state index in [4.69, 9.17) is 5.73 Å². The molecule has 0 saturated carbocycles. The Labute approximate surface area is 111 Å². The van der Waals surface area contributed by atoms with Gasteiger partial charge < -0.3 is 5.73 Å². The summed E-state index contributed by atoms with van der Waals surface area (Å²) in [4.78, 5) is 0. The van der Waals surface area contributed by atoms with Crippen LogP contribution in [0.3, 0.4) is 0 Å². The molecule has 3 nitrogen and oxygen atoms in total. The summed E-state index contributed by atoms with van der Waals surface area (Å²) in [6.45, 7) is 4.62. The standard InChI is InChI=1S/C14H17F2N3/c1-3-12-8-13(19(4-2)18-12)14(17)9-5-10(15)7-11(16)6-9/h5-8,14H,3-4,17H2,1-2H3. The average Bonchev–Trinajstić information content (AvgIpc) is 2.80. The Hall–Kier alpha value is -1.75. The van der Waals surface area contributed by atoms with Gasteiger partial charge in [0.2, 0.25) is 0 Å². The summed E-state index contributed by atoms with van der Waals surface area (Å²) in [6, 6.07) is 4.65. The van der Waals surface area contributed by atoms with Crippen LogP contribution in [0.25, 0.3) is 0 Å². The molecule has 1 unspecified atom stereocenters. The van der Waals surface area contributed by atoms with Crippen molar-refractivity contribution in [2.24, 2.45) is 5.73 Å². The molecule has 1 heterocycles. The van der Waals surface area contributed by atoms with Crippen LogP contribution in [0.1, 0.15) is 36.8 Å². The molecule has 2 rings (SSSR count). The molecule has 102 valence electrons. The van der Waals surface area contributed by atoms with E-state index in [1.54, 1.807) is 4.68 Å². The number of aromatic nitrogens is 2. The van der Waals surface area contributed by atoms with Crippen molar-refractivity contribution in [2.45, 2.75) is 32.9 Å². The number of halogens is 2. The van der Waals surface area contributed by atoms with Crippen LogP contribution in [-0.4, -0.2) is 9.78 Å². The molecule has 0 bridgehead atoms. The summed E-state index contributed by atoms with van der Waals surface area (Å²) < 4.78 is 28.2. The Bertz CT molecular complexity index is 558. The number of benzene rings is 1. The van der Waals surface area contributed by atoms with Crippen molar-refractivity contribution in [2.75, 3.05) is 0 Å². The quantitative estimate of drug-likeness (QED) is 0.923. The Kier molecular flexibility index (Phi) is 3.95. The van der Waals surface area contributed by atoms with Gasteiger partial charge >= 0.3 is 0 Å². The van der Waals surface area contributed by atoms with E-state index in [2.05, 4.69) is 5.10 Å². The molecule has 2 N–H and O–H groups in total. The maximum atomic E-state index is 13.2. The highest BCUT2D eigenvalue weighted by Gasteiger charge is 2.17. The van der Waals surface area contributed by atoms with Gasteiger partial charge in [-0.15, -0.1) is 0 Å². The highest BCUT2D eigenvalue weighted by Crippen LogP contribution is 2.22. The van der Waals surface area contributed by atoms with Crippen LogP contribution in [0, 0.1) is 11.6 Å². The number of nitrogens with zero attached hydrogens (tertiary/aromatic N) is 2. The minimum atomic E-state index is -0.622. The lowest BCUT2D eigenvalue weighted by Crippen LogP contribution is -2.17. The lowest BCUT2D eigenvalue weighted by Gasteiger charge is -2.14. The second-order valence-electron chi connectivity index (χ2n) is 4.41. The first-order chi connectivity index (χ1) is 9.05. The fourth-order valence-electron chi connectivity index (χ4n) is 2.09. The first-order valence-electron chi connectivity index (χ1n) is 6.33. The van der Waals surface area contributed by atoms with Crippen molar-refractivity contribution < 1.29 is 8.78 Å². The molecular formula is C14H17F2N3. The molecule has 0 aliphatic heterocycles. The summed E-state index contributed by atoms with van der Waals surface area (Å²) >= 11 is 0. The number of hydrogen-bond acceptors (Lipinski definition) is 2. The van der Waals surface area contributed by atoms with Crippen molar-refractivity contribution in [1.29, 1.82) is 0 Å². The summed E-state index contributed by atoms with van der Waals surface area (Å²) in [7, 11) is 0. The summed E-state index contributed by atoms with van der Waals surface area (Å²) in [5, 5.41) is 4.39. The fourth-order valence-corrected chi connectivity index (χ4v) is 2.09. The van der Waals surface area contributed by atoms with Crippen LogP contribution < -0.4 is 5.73 Å². The van der Waals surface area contributed by atoms with Gasteiger partial charge in [-0.25, -0.2) is 8.78 Å². The Balaban J connectivity index is 2.42. The van der Waals surface area contributed by atoms with Gasteiger partial charge in [0.1, 0.15) is 11.6 Å². The highest BCUT2D eigenvalue weighted by atomic mass is 19.1. The third-order valence-corrected chi connectivity index (χ3v) is 3.09. The van der Waals surface area contributed by atoms with Crippen LogP contribution in [0.15, 0.2) is 24.3 Å². The summed E-state index contributed by atoms with van der Waals surface area (Å²) in [5.41, 5.74) is 8.20. The van der Waals surface area contributed by atoms with E-state index in [0.29, 0.717) is 12.1 Å². The Morgan fingerprint density at radius 1 is 1.16 bits per heavy atom. The van der Waals surface area contributed by atoms with Crippen molar-refractivity contribution >= 4 is 0 Å². The molecule has 19 heavy (non-hydrogen) atoms. The molecule has 0 spiro atoms. The number of nitrogens with two attached hydrogens (primary N) is 1. The lowest BCUT2D eigenvalue weighted by atomic mass is 10.0. The predicted molar refractivity (Wildman–Crippen MR) is 69.7 cm³/mol. The third kappa shape index (κ3) is 2.81. The molecule has 0 amide bonds. The molecule has 5 heteroatoms. The Morgan fingerprint density at radius 3 is 2.32 bits per heavy atom. The minimum absolute atomic E-state index is 0.412. The van der Waals surface area contributed by atoms with E-state index in [1.165, 1.54) is 12.1 Å². The van der Waals surface area contributed by atoms with E-state index >= 15 is 0 Å². The van der Waals surface area contributed by atoms with E-state index < -0.39 is 17.7 Å². The molecule has 1 aromatic heterocycles. The summed E-state index contributed by atoms with van der Waals surface area (Å²) in [6.07, 6.45) is 0.796. The van der Waals surface area contributed by atoms with E-state index in [-0.39, 0.29) is 0 Å². The van der Waals surface area contributed by atoms with Gasteiger partial charge in [0.05, 0.1) is 17.4 Å².